The molecule has 5 aromatic rings. The third kappa shape index (κ3) is 12.2. The predicted molar refractivity (Wildman–Crippen MR) is 349 cm³/mol. The first-order valence-corrected chi connectivity index (χ1v) is 31.7. The van der Waals surface area contributed by atoms with E-state index in [0.29, 0.717) is 17.9 Å². The van der Waals surface area contributed by atoms with Gasteiger partial charge >= 0.3 is 0 Å². The number of unbranched alkanes of at least 4 members (excludes halogenated alkanes) is 2. The van der Waals surface area contributed by atoms with E-state index in [2.05, 4.69) is 146 Å². The van der Waals surface area contributed by atoms with Crippen molar-refractivity contribution in [3.8, 4) is 11.3 Å². The highest BCUT2D eigenvalue weighted by molar-refractivity contribution is 5.93. The molecule has 1 fully saturated rings. The number of fused-ring (bicyclic) bond motifs is 5. The molecule has 1 aliphatic carbocycles. The Kier molecular flexibility index (Phi) is 17.8. The van der Waals surface area contributed by atoms with Gasteiger partial charge in [0.2, 0.25) is 0 Å². The van der Waals surface area contributed by atoms with Crippen molar-refractivity contribution in [3.05, 3.63) is 180 Å². The van der Waals surface area contributed by atoms with Crippen LogP contribution in [0.4, 0.5) is 17.3 Å². The van der Waals surface area contributed by atoms with Crippen LogP contribution < -0.4 is 41.6 Å². The lowest BCUT2D eigenvalue weighted by molar-refractivity contribution is 0.252. The summed E-state index contributed by atoms with van der Waals surface area (Å²) in [6.45, 7) is 36.3. The molecule has 11 nitrogen and oxygen atoms in total. The normalized spacial score (nSPS) is 16.7. The van der Waals surface area contributed by atoms with Crippen molar-refractivity contribution in [2.24, 2.45) is 4.99 Å². The largest absolute Gasteiger partial charge is 0.385 e. The summed E-state index contributed by atoms with van der Waals surface area (Å²) in [6.07, 6.45) is 22.7. The van der Waals surface area contributed by atoms with Crippen molar-refractivity contribution in [2.45, 2.75) is 144 Å². The monoisotopic (exact) mass is 1110 g/mol. The Hall–Kier alpha value is -7.24. The lowest BCUT2D eigenvalue weighted by Crippen LogP contribution is -2.47. The van der Waals surface area contributed by atoms with Gasteiger partial charge in [-0.1, -0.05) is 58.6 Å². The maximum atomic E-state index is 8.46. The molecule has 83 heavy (non-hydrogen) atoms. The van der Waals surface area contributed by atoms with E-state index in [1.807, 2.05) is 12.3 Å². The summed E-state index contributed by atoms with van der Waals surface area (Å²) in [5, 5.41) is 25.5. The average Bonchev–Trinajstić information content (AvgIpc) is 2.06. The van der Waals surface area contributed by atoms with Gasteiger partial charge in [0.25, 0.3) is 0 Å². The first kappa shape index (κ1) is 57.6. The molecule has 0 atom stereocenters. The number of hydrogen-bond acceptors (Lipinski definition) is 11. The molecule has 5 aliphatic heterocycles. The Morgan fingerprint density at radius 2 is 1.63 bits per heavy atom. The number of aryl methyl sites for hydroxylation is 3. The fraction of sp³-hybridized carbons (Fsp3) is 0.444. The third-order valence-corrected chi connectivity index (χ3v) is 18.3. The van der Waals surface area contributed by atoms with Gasteiger partial charge in [-0.25, -0.2) is 9.97 Å². The fourth-order valence-corrected chi connectivity index (χ4v) is 14.0. The van der Waals surface area contributed by atoms with Gasteiger partial charge < -0.3 is 36.5 Å². The minimum Gasteiger partial charge on any atom is -0.385 e. The summed E-state index contributed by atoms with van der Waals surface area (Å²) < 4.78 is 0. The Labute approximate surface area is 495 Å². The zero-order valence-corrected chi connectivity index (χ0v) is 50.9. The van der Waals surface area contributed by atoms with Crippen LogP contribution in [-0.2, 0) is 32.1 Å². The topological polar surface area (TPSA) is 120 Å². The van der Waals surface area contributed by atoms with Crippen LogP contribution in [0.2, 0.25) is 0 Å². The van der Waals surface area contributed by atoms with Gasteiger partial charge in [0.1, 0.15) is 11.6 Å². The molecule has 434 valence electrons. The van der Waals surface area contributed by atoms with Crippen LogP contribution in [0.25, 0.3) is 28.2 Å². The molecule has 0 radical (unpaired) electrons. The molecule has 0 amide bonds. The minimum absolute atomic E-state index is 0.124. The summed E-state index contributed by atoms with van der Waals surface area (Å²) in [5.41, 5.74) is 27.1. The molecule has 0 saturated carbocycles. The van der Waals surface area contributed by atoms with Crippen LogP contribution in [0.5, 0.6) is 0 Å². The van der Waals surface area contributed by atoms with Crippen molar-refractivity contribution in [3.63, 3.8) is 0 Å². The quantitative estimate of drug-likeness (QED) is 0.0334. The molecule has 11 rings (SSSR count). The fourth-order valence-electron chi connectivity index (χ4n) is 14.0. The van der Waals surface area contributed by atoms with E-state index in [4.69, 9.17) is 20.4 Å². The van der Waals surface area contributed by atoms with E-state index >= 15 is 0 Å². The summed E-state index contributed by atoms with van der Waals surface area (Å²) in [7, 11) is 0. The van der Waals surface area contributed by atoms with Crippen LogP contribution >= 0.6 is 0 Å². The number of nitrogens with zero attached hydrogens (tertiary/aromatic N) is 6. The van der Waals surface area contributed by atoms with Crippen molar-refractivity contribution in [1.82, 2.24) is 30.8 Å². The molecular weight excluding hydrogens is 1020 g/mol. The second kappa shape index (κ2) is 25.7. The van der Waals surface area contributed by atoms with E-state index in [-0.39, 0.29) is 6.04 Å². The zero-order chi connectivity index (χ0) is 57.7. The third-order valence-electron chi connectivity index (χ3n) is 18.3. The molecule has 3 aromatic carbocycles. The second-order valence-electron chi connectivity index (χ2n) is 24.6. The molecule has 11 heteroatoms. The predicted octanol–water partition coefficient (Wildman–Crippen LogP) is 12.3. The number of benzene rings is 3. The highest BCUT2D eigenvalue weighted by Crippen LogP contribution is 2.44. The number of pyridine rings is 2. The van der Waals surface area contributed by atoms with Gasteiger partial charge in [0, 0.05) is 123 Å². The molecule has 0 spiro atoms. The SMILES string of the molecule is C=C1NC(C)=CC(CCC)=C1CNC(=C)c1cc(-c2ccc(N3CCN(CCCCNC(=C)c4ccc(C)c(C5=c6cc(CCCC)c7c(c6Cc6c5cc5c8c6CCCN8CCCC5)CCCN=7)c4)CC3)nc2)nc(NC(C)C)c1C=N. The molecule has 1 saturated heterocycles. The Morgan fingerprint density at radius 1 is 0.795 bits per heavy atom. The van der Waals surface area contributed by atoms with Gasteiger partial charge in [-0.3, -0.25) is 9.89 Å². The smallest absolute Gasteiger partial charge is 0.136 e. The minimum atomic E-state index is 0.124. The van der Waals surface area contributed by atoms with Gasteiger partial charge in [-0.2, -0.15) is 0 Å². The number of hydrogen-bond donors (Lipinski definition) is 5. The van der Waals surface area contributed by atoms with Gasteiger partial charge in [0.15, 0.2) is 0 Å². The zero-order valence-electron chi connectivity index (χ0n) is 50.9. The standard InChI is InChI=1S/C72H91N11/c1-10-12-20-54-39-63-61(57-22-17-29-75-70(54)57)41-62-58-23-18-32-83-31-15-13-21-55(71(58)83)40-64(62)69(63)59-38-52(25-24-47(59)5)49(7)74-28-14-16-30-81-33-35-82(36-34-81)68-27-26-56(44-77-68)67-42-60(65(43-73)72(80-67)78-46(3)4)50(8)76-45-66-51(9)79-48(6)37-53(66)19-11-2/h24-27,37-40,42-44,46,73-74,76,79H,7-23,28-36,41,45H2,1-6H3,(H,78,80). The summed E-state index contributed by atoms with van der Waals surface area (Å²) >= 11 is 0. The average molecular weight is 1110 g/mol. The van der Waals surface area contributed by atoms with E-state index in [9.17, 15) is 0 Å². The van der Waals surface area contributed by atoms with Crippen molar-refractivity contribution >= 4 is 40.5 Å². The maximum Gasteiger partial charge on any atom is 0.136 e. The van der Waals surface area contributed by atoms with Gasteiger partial charge in [-0.15, -0.1) is 0 Å². The van der Waals surface area contributed by atoms with Crippen LogP contribution in [0, 0.1) is 12.3 Å². The van der Waals surface area contributed by atoms with Crippen molar-refractivity contribution < 1.29 is 0 Å². The molecule has 7 heterocycles. The molecule has 0 bridgehead atoms. The van der Waals surface area contributed by atoms with Gasteiger partial charge in [0.05, 0.1) is 11.1 Å². The molecular formula is C72H91N11. The molecule has 5 N–H and O–H groups in total. The van der Waals surface area contributed by atoms with E-state index in [1.165, 1.54) is 119 Å². The van der Waals surface area contributed by atoms with Crippen LogP contribution in [0.15, 0.2) is 108 Å². The van der Waals surface area contributed by atoms with Crippen LogP contribution in [0.1, 0.15) is 166 Å². The number of piperazine rings is 1. The summed E-state index contributed by atoms with van der Waals surface area (Å²) in [4.78, 5) is 23.1. The Balaban J connectivity index is 0.736. The van der Waals surface area contributed by atoms with Crippen LogP contribution in [-0.4, -0.2) is 92.6 Å². The molecule has 6 aliphatic rings. The van der Waals surface area contributed by atoms with Gasteiger partial charge in [-0.05, 0) is 238 Å². The molecule has 0 unspecified atom stereocenters. The summed E-state index contributed by atoms with van der Waals surface area (Å²) in [5.74, 6) is 1.64. The Bertz CT molecular complexity index is 3520. The Morgan fingerprint density at radius 3 is 2.41 bits per heavy atom. The van der Waals surface area contributed by atoms with E-state index in [1.54, 1.807) is 27.9 Å². The van der Waals surface area contributed by atoms with Crippen molar-refractivity contribution in [1.29, 1.82) is 5.41 Å². The lowest BCUT2D eigenvalue weighted by Gasteiger charge is -2.36. The highest BCUT2D eigenvalue weighted by Gasteiger charge is 2.33. The highest BCUT2D eigenvalue weighted by atomic mass is 15.3. The first-order valence-electron chi connectivity index (χ1n) is 31.7. The van der Waals surface area contributed by atoms with Crippen molar-refractivity contribution in [2.75, 3.05) is 80.6 Å². The number of allylic oxidation sites excluding steroid dienone is 3. The second-order valence-corrected chi connectivity index (χ2v) is 24.6. The number of dihydropyridines is 1. The number of anilines is 3. The first-order chi connectivity index (χ1) is 40.4. The number of nitrogens with one attached hydrogen (secondary N) is 5. The molecule has 2 aromatic heterocycles. The number of aromatic nitrogens is 2. The summed E-state index contributed by atoms with van der Waals surface area (Å²) in [6, 6.07) is 18.8. The lowest BCUT2D eigenvalue weighted by atomic mass is 9.75. The maximum absolute atomic E-state index is 8.46. The van der Waals surface area contributed by atoms with Crippen LogP contribution in [0.3, 0.4) is 0 Å². The van der Waals surface area contributed by atoms with E-state index < -0.39 is 0 Å². The number of rotatable bonds is 22. The van der Waals surface area contributed by atoms with E-state index in [0.717, 1.165) is 148 Å².